The SMILES string of the molecule is CCC1CCC(CNC)(OCCOCC(C)C)CC1. The van der Waals surface area contributed by atoms with Crippen molar-refractivity contribution < 1.29 is 9.47 Å². The van der Waals surface area contributed by atoms with E-state index in [9.17, 15) is 0 Å². The molecule has 1 saturated carbocycles. The molecule has 3 nitrogen and oxygen atoms in total. The Hall–Kier alpha value is -0.120. The molecular formula is C16H33NO2. The van der Waals surface area contributed by atoms with Crippen LogP contribution in [0.5, 0.6) is 0 Å². The van der Waals surface area contributed by atoms with Crippen molar-refractivity contribution in [3.8, 4) is 0 Å². The van der Waals surface area contributed by atoms with E-state index in [1.807, 2.05) is 7.05 Å². The Morgan fingerprint density at radius 3 is 2.42 bits per heavy atom. The number of rotatable bonds is 9. The molecular weight excluding hydrogens is 238 g/mol. The molecule has 0 atom stereocenters. The van der Waals surface area contributed by atoms with Crippen molar-refractivity contribution in [2.75, 3.05) is 33.4 Å². The van der Waals surface area contributed by atoms with Crippen molar-refractivity contribution in [2.24, 2.45) is 11.8 Å². The lowest BCUT2D eigenvalue weighted by atomic mass is 9.77. The van der Waals surface area contributed by atoms with Gasteiger partial charge in [0.1, 0.15) is 0 Å². The topological polar surface area (TPSA) is 30.5 Å². The normalized spacial score (nSPS) is 27.9. The highest BCUT2D eigenvalue weighted by Crippen LogP contribution is 2.35. The number of likely N-dealkylation sites (N-methyl/N-ethyl adjacent to an activating group) is 1. The largest absolute Gasteiger partial charge is 0.379 e. The van der Waals surface area contributed by atoms with Gasteiger partial charge in [0.25, 0.3) is 0 Å². The zero-order valence-corrected chi connectivity index (χ0v) is 13.3. The van der Waals surface area contributed by atoms with E-state index >= 15 is 0 Å². The van der Waals surface area contributed by atoms with Crippen LogP contribution in [-0.4, -0.2) is 39.0 Å². The molecule has 0 bridgehead atoms. The molecule has 0 unspecified atom stereocenters. The standard InChI is InChI=1S/C16H33NO2/c1-5-15-6-8-16(9-7-15,13-17-4)19-11-10-18-12-14(2)3/h14-15,17H,5-13H2,1-4H3. The molecule has 0 saturated heterocycles. The highest BCUT2D eigenvalue weighted by Gasteiger charge is 2.35. The Labute approximate surface area is 119 Å². The maximum absolute atomic E-state index is 6.20. The molecule has 1 aliphatic rings. The van der Waals surface area contributed by atoms with Crippen LogP contribution in [0.3, 0.4) is 0 Å². The lowest BCUT2D eigenvalue weighted by Gasteiger charge is -2.40. The third-order valence-corrected chi connectivity index (χ3v) is 4.18. The fourth-order valence-corrected chi connectivity index (χ4v) is 2.94. The first-order chi connectivity index (χ1) is 9.12. The van der Waals surface area contributed by atoms with Crippen molar-refractivity contribution in [3.63, 3.8) is 0 Å². The molecule has 0 aliphatic heterocycles. The minimum absolute atomic E-state index is 0.0572. The van der Waals surface area contributed by atoms with E-state index in [0.29, 0.717) is 5.92 Å². The smallest absolute Gasteiger partial charge is 0.0807 e. The summed E-state index contributed by atoms with van der Waals surface area (Å²) < 4.78 is 11.8. The van der Waals surface area contributed by atoms with Crippen LogP contribution in [0.4, 0.5) is 0 Å². The summed E-state index contributed by atoms with van der Waals surface area (Å²) in [7, 11) is 2.02. The van der Waals surface area contributed by atoms with E-state index in [1.54, 1.807) is 0 Å². The number of ether oxygens (including phenoxy) is 2. The van der Waals surface area contributed by atoms with Crippen molar-refractivity contribution in [3.05, 3.63) is 0 Å². The van der Waals surface area contributed by atoms with Gasteiger partial charge in [0.15, 0.2) is 0 Å². The molecule has 0 radical (unpaired) electrons. The van der Waals surface area contributed by atoms with Gasteiger partial charge in [-0.15, -0.1) is 0 Å². The first-order valence-electron chi connectivity index (χ1n) is 7.98. The van der Waals surface area contributed by atoms with Crippen LogP contribution in [-0.2, 0) is 9.47 Å². The Morgan fingerprint density at radius 1 is 1.21 bits per heavy atom. The number of nitrogens with one attached hydrogen (secondary N) is 1. The van der Waals surface area contributed by atoms with Crippen LogP contribution in [0.1, 0.15) is 52.9 Å². The molecule has 0 spiro atoms. The van der Waals surface area contributed by atoms with Crippen LogP contribution in [0.25, 0.3) is 0 Å². The molecule has 0 aromatic carbocycles. The molecule has 19 heavy (non-hydrogen) atoms. The van der Waals surface area contributed by atoms with E-state index in [0.717, 1.165) is 32.3 Å². The van der Waals surface area contributed by atoms with Gasteiger partial charge in [-0.25, -0.2) is 0 Å². The Kier molecular flexibility index (Phi) is 7.96. The second kappa shape index (κ2) is 8.93. The van der Waals surface area contributed by atoms with E-state index < -0.39 is 0 Å². The average molecular weight is 271 g/mol. The zero-order valence-electron chi connectivity index (χ0n) is 13.3. The van der Waals surface area contributed by atoms with Gasteiger partial charge in [-0.3, -0.25) is 0 Å². The van der Waals surface area contributed by atoms with E-state index in [-0.39, 0.29) is 5.60 Å². The molecule has 1 N–H and O–H groups in total. The lowest BCUT2D eigenvalue weighted by Crippen LogP contribution is -2.45. The number of hydrogen-bond donors (Lipinski definition) is 1. The summed E-state index contributed by atoms with van der Waals surface area (Å²) in [6.45, 7) is 9.90. The van der Waals surface area contributed by atoms with Crippen molar-refractivity contribution >= 4 is 0 Å². The molecule has 0 amide bonds. The van der Waals surface area contributed by atoms with Gasteiger partial charge in [-0.2, -0.15) is 0 Å². The van der Waals surface area contributed by atoms with E-state index in [4.69, 9.17) is 9.47 Å². The van der Waals surface area contributed by atoms with Gasteiger partial charge in [0, 0.05) is 13.2 Å². The summed E-state index contributed by atoms with van der Waals surface area (Å²) >= 11 is 0. The van der Waals surface area contributed by atoms with Crippen LogP contribution < -0.4 is 5.32 Å². The molecule has 3 heteroatoms. The highest BCUT2D eigenvalue weighted by atomic mass is 16.5. The third-order valence-electron chi connectivity index (χ3n) is 4.18. The van der Waals surface area contributed by atoms with Crippen molar-refractivity contribution in [1.82, 2.24) is 5.32 Å². The fourth-order valence-electron chi connectivity index (χ4n) is 2.94. The highest BCUT2D eigenvalue weighted by molar-refractivity contribution is 4.88. The van der Waals surface area contributed by atoms with Crippen molar-refractivity contribution in [2.45, 2.75) is 58.5 Å². The summed E-state index contributed by atoms with van der Waals surface area (Å²) in [5.41, 5.74) is 0.0572. The average Bonchev–Trinajstić information content (AvgIpc) is 2.39. The van der Waals surface area contributed by atoms with Gasteiger partial charge < -0.3 is 14.8 Å². The molecule has 0 heterocycles. The van der Waals surface area contributed by atoms with Crippen LogP contribution >= 0.6 is 0 Å². The third kappa shape index (κ3) is 6.24. The second-order valence-electron chi connectivity index (χ2n) is 6.38. The molecule has 0 aromatic rings. The van der Waals surface area contributed by atoms with Gasteiger partial charge in [0.2, 0.25) is 0 Å². The van der Waals surface area contributed by atoms with Gasteiger partial charge in [-0.1, -0.05) is 27.2 Å². The van der Waals surface area contributed by atoms with Gasteiger partial charge in [-0.05, 0) is 44.6 Å². The zero-order chi connectivity index (χ0) is 14.1. The second-order valence-corrected chi connectivity index (χ2v) is 6.38. The van der Waals surface area contributed by atoms with E-state index in [2.05, 4.69) is 26.1 Å². The summed E-state index contributed by atoms with van der Waals surface area (Å²) in [6.07, 6.45) is 6.32. The van der Waals surface area contributed by atoms with Crippen LogP contribution in [0.2, 0.25) is 0 Å². The minimum Gasteiger partial charge on any atom is -0.379 e. The van der Waals surface area contributed by atoms with Crippen LogP contribution in [0.15, 0.2) is 0 Å². The molecule has 1 aliphatic carbocycles. The molecule has 1 rings (SSSR count). The maximum atomic E-state index is 6.20. The van der Waals surface area contributed by atoms with Crippen molar-refractivity contribution in [1.29, 1.82) is 0 Å². The predicted molar refractivity (Wildman–Crippen MR) is 80.5 cm³/mol. The number of hydrogen-bond acceptors (Lipinski definition) is 3. The summed E-state index contributed by atoms with van der Waals surface area (Å²) in [4.78, 5) is 0. The summed E-state index contributed by atoms with van der Waals surface area (Å²) in [5.74, 6) is 1.51. The van der Waals surface area contributed by atoms with Gasteiger partial charge >= 0.3 is 0 Å². The Morgan fingerprint density at radius 2 is 1.89 bits per heavy atom. The van der Waals surface area contributed by atoms with Crippen LogP contribution in [0, 0.1) is 11.8 Å². The Bertz CT molecular complexity index is 223. The molecule has 114 valence electrons. The minimum atomic E-state index is 0.0572. The summed E-state index contributed by atoms with van der Waals surface area (Å²) in [6, 6.07) is 0. The Balaban J connectivity index is 2.28. The first kappa shape index (κ1) is 16.9. The predicted octanol–water partition coefficient (Wildman–Crippen LogP) is 3.23. The summed E-state index contributed by atoms with van der Waals surface area (Å²) in [5, 5.41) is 3.30. The molecule has 0 aromatic heterocycles. The first-order valence-corrected chi connectivity index (χ1v) is 7.98. The quantitative estimate of drug-likeness (QED) is 0.653. The van der Waals surface area contributed by atoms with E-state index in [1.165, 1.54) is 32.1 Å². The molecule has 1 fully saturated rings. The maximum Gasteiger partial charge on any atom is 0.0807 e. The monoisotopic (exact) mass is 271 g/mol. The fraction of sp³-hybridized carbons (Fsp3) is 1.00. The van der Waals surface area contributed by atoms with Gasteiger partial charge in [0.05, 0.1) is 18.8 Å². The lowest BCUT2D eigenvalue weighted by molar-refractivity contribution is -0.0932.